The first-order valence-corrected chi connectivity index (χ1v) is 12.5. The van der Waals surface area contributed by atoms with Crippen molar-refractivity contribution in [1.29, 1.82) is 0 Å². The van der Waals surface area contributed by atoms with Crippen LogP contribution in [0.15, 0.2) is 69.1 Å². The molecule has 2 heterocycles. The highest BCUT2D eigenvalue weighted by Gasteiger charge is 2.27. The second kappa shape index (κ2) is 7.38. The van der Waals surface area contributed by atoms with Crippen molar-refractivity contribution in [1.82, 2.24) is 9.71 Å². The van der Waals surface area contributed by atoms with E-state index in [2.05, 4.69) is 15.0 Å². The SMILES string of the molecule is CCOc1cc(C)c2c3c1nc(=O)/c(=C1/Nc4ccccc4S(=O)(=O)N1)c=3c1ccccc1c2=O. The van der Waals surface area contributed by atoms with Crippen molar-refractivity contribution < 1.29 is 13.2 Å². The van der Waals surface area contributed by atoms with Crippen LogP contribution in [0.4, 0.5) is 5.69 Å². The van der Waals surface area contributed by atoms with E-state index >= 15 is 0 Å². The van der Waals surface area contributed by atoms with Crippen LogP contribution in [-0.4, -0.2) is 20.0 Å². The summed E-state index contributed by atoms with van der Waals surface area (Å²) in [5.74, 6) is 0.390. The van der Waals surface area contributed by atoms with Gasteiger partial charge in [-0.25, -0.2) is 13.4 Å². The van der Waals surface area contributed by atoms with Gasteiger partial charge in [0.1, 0.15) is 22.0 Å². The zero-order valence-corrected chi connectivity index (χ0v) is 19.6. The smallest absolute Gasteiger partial charge is 0.282 e. The number of ether oxygens (including phenoxy) is 1. The molecule has 0 unspecified atom stereocenters. The molecular formula is C26H19N3O5S. The van der Waals surface area contributed by atoms with Gasteiger partial charge in [0.15, 0.2) is 5.43 Å². The maximum atomic E-state index is 13.6. The number of rotatable bonds is 2. The van der Waals surface area contributed by atoms with Crippen LogP contribution >= 0.6 is 0 Å². The molecule has 6 rings (SSSR count). The van der Waals surface area contributed by atoms with Crippen LogP contribution in [-0.2, 0) is 10.0 Å². The fourth-order valence-corrected chi connectivity index (χ4v) is 6.08. The summed E-state index contributed by atoms with van der Waals surface area (Å²) in [5.41, 5.74) is 0.474. The van der Waals surface area contributed by atoms with Crippen LogP contribution in [0.1, 0.15) is 12.5 Å². The van der Waals surface area contributed by atoms with Crippen LogP contribution in [0.3, 0.4) is 0 Å². The Kier molecular flexibility index (Phi) is 4.49. The molecule has 0 aromatic heterocycles. The van der Waals surface area contributed by atoms with E-state index in [1.165, 1.54) is 6.07 Å². The van der Waals surface area contributed by atoms with Gasteiger partial charge in [0.25, 0.3) is 15.6 Å². The third kappa shape index (κ3) is 2.98. The third-order valence-electron chi connectivity index (χ3n) is 6.28. The van der Waals surface area contributed by atoms with E-state index in [1.807, 2.05) is 13.8 Å². The Morgan fingerprint density at radius 2 is 1.66 bits per heavy atom. The van der Waals surface area contributed by atoms with Crippen molar-refractivity contribution in [3.8, 4) is 5.75 Å². The van der Waals surface area contributed by atoms with Crippen molar-refractivity contribution in [3.63, 3.8) is 0 Å². The Bertz CT molecular complexity index is 2040. The summed E-state index contributed by atoms with van der Waals surface area (Å²) in [6.45, 7) is 3.98. The van der Waals surface area contributed by atoms with Gasteiger partial charge in [-0.05, 0) is 43.0 Å². The number of anilines is 1. The molecule has 3 aromatic carbocycles. The highest BCUT2D eigenvalue weighted by molar-refractivity contribution is 7.90. The molecule has 0 radical (unpaired) electrons. The van der Waals surface area contributed by atoms with Gasteiger partial charge in [-0.15, -0.1) is 0 Å². The Balaban J connectivity index is 1.96. The number of para-hydroxylation sites is 1. The van der Waals surface area contributed by atoms with Gasteiger partial charge < -0.3 is 10.1 Å². The topological polar surface area (TPSA) is 114 Å². The molecule has 0 saturated heterocycles. The summed E-state index contributed by atoms with van der Waals surface area (Å²) in [5, 5.41) is 5.41. The highest BCUT2D eigenvalue weighted by atomic mass is 32.2. The summed E-state index contributed by atoms with van der Waals surface area (Å²) >= 11 is 0. The van der Waals surface area contributed by atoms with Gasteiger partial charge >= 0.3 is 0 Å². The largest absolute Gasteiger partial charge is 0.492 e. The molecule has 2 aliphatic heterocycles. The predicted octanol–water partition coefficient (Wildman–Crippen LogP) is 2.17. The standard InChI is InChI=1S/C26H19N3O5S/c1-3-34-17-12-13(2)19-21-20(14-8-4-5-9-15(14)24(19)30)22(26(31)28-23(17)21)25-27-16-10-6-7-11-18(16)35(32,33)29-25/h4-12,27,29H,3H2,1-2H3/b25-22-. The summed E-state index contributed by atoms with van der Waals surface area (Å²) in [6, 6.07) is 15.1. The lowest BCUT2D eigenvalue weighted by atomic mass is 9.95. The van der Waals surface area contributed by atoms with E-state index in [0.717, 1.165) is 0 Å². The van der Waals surface area contributed by atoms with E-state index in [-0.39, 0.29) is 26.9 Å². The molecule has 174 valence electrons. The molecule has 1 aliphatic carbocycles. The van der Waals surface area contributed by atoms with Gasteiger partial charge in [0.05, 0.1) is 17.5 Å². The first kappa shape index (κ1) is 21.3. The maximum absolute atomic E-state index is 13.6. The van der Waals surface area contributed by atoms with E-state index in [1.54, 1.807) is 48.5 Å². The Morgan fingerprint density at radius 3 is 2.43 bits per heavy atom. The molecule has 0 saturated carbocycles. The lowest BCUT2D eigenvalue weighted by Crippen LogP contribution is -2.42. The number of hydrogen-bond acceptors (Lipinski definition) is 7. The molecule has 0 bridgehead atoms. The monoisotopic (exact) mass is 485 g/mol. The quantitative estimate of drug-likeness (QED) is 0.394. The fraction of sp³-hybridized carbons (Fsp3) is 0.115. The van der Waals surface area contributed by atoms with Crippen molar-refractivity contribution in [2.24, 2.45) is 0 Å². The molecule has 9 heteroatoms. The molecule has 0 amide bonds. The Hall–Kier alpha value is -4.24. The first-order valence-electron chi connectivity index (χ1n) is 11.0. The normalized spacial score (nSPS) is 16.2. The Labute approximate surface area is 198 Å². The summed E-state index contributed by atoms with van der Waals surface area (Å²) in [7, 11) is -3.95. The molecule has 0 atom stereocenters. The minimum absolute atomic E-state index is 0.00679. The molecule has 3 aromatic rings. The van der Waals surface area contributed by atoms with E-state index in [0.29, 0.717) is 50.2 Å². The van der Waals surface area contributed by atoms with Crippen LogP contribution in [0, 0.1) is 17.4 Å². The molecule has 8 nitrogen and oxygen atoms in total. The van der Waals surface area contributed by atoms with Crippen molar-refractivity contribution in [3.05, 3.63) is 96.4 Å². The van der Waals surface area contributed by atoms with Gasteiger partial charge in [-0.2, -0.15) is 0 Å². The number of hydrogen-bond donors (Lipinski definition) is 2. The lowest BCUT2D eigenvalue weighted by molar-refractivity contribution is 0.343. The minimum Gasteiger partial charge on any atom is -0.492 e. The molecule has 3 aliphatic rings. The molecule has 0 fully saturated rings. The van der Waals surface area contributed by atoms with Crippen LogP contribution in [0.2, 0.25) is 0 Å². The first-order chi connectivity index (χ1) is 16.8. The van der Waals surface area contributed by atoms with Crippen LogP contribution in [0.5, 0.6) is 5.75 Å². The average molecular weight is 486 g/mol. The number of fused-ring (bicyclic) bond motifs is 3. The zero-order chi connectivity index (χ0) is 24.5. The molecule has 0 spiro atoms. The van der Waals surface area contributed by atoms with Crippen molar-refractivity contribution in [2.75, 3.05) is 11.9 Å². The third-order valence-corrected chi connectivity index (χ3v) is 7.69. The van der Waals surface area contributed by atoms with Gasteiger partial charge in [-0.3, -0.25) is 14.3 Å². The van der Waals surface area contributed by atoms with Crippen molar-refractivity contribution >= 4 is 43.2 Å². The van der Waals surface area contributed by atoms with Gasteiger partial charge in [0, 0.05) is 21.2 Å². The lowest BCUT2D eigenvalue weighted by Gasteiger charge is -2.22. The average Bonchev–Trinajstić information content (AvgIpc) is 2.83. The highest BCUT2D eigenvalue weighted by Crippen LogP contribution is 2.29. The number of aryl methyl sites for hydroxylation is 1. The second-order valence-corrected chi connectivity index (χ2v) is 10.0. The van der Waals surface area contributed by atoms with Gasteiger partial charge in [0.2, 0.25) is 0 Å². The van der Waals surface area contributed by atoms with Crippen LogP contribution in [0.25, 0.3) is 27.5 Å². The number of aromatic nitrogens is 1. The van der Waals surface area contributed by atoms with Crippen molar-refractivity contribution in [2.45, 2.75) is 18.7 Å². The predicted molar refractivity (Wildman–Crippen MR) is 133 cm³/mol. The van der Waals surface area contributed by atoms with Crippen LogP contribution < -0.4 is 31.0 Å². The Morgan fingerprint density at radius 1 is 0.943 bits per heavy atom. The number of sulfonamides is 1. The molecule has 35 heavy (non-hydrogen) atoms. The van der Waals surface area contributed by atoms with E-state index in [4.69, 9.17) is 4.74 Å². The number of benzene rings is 3. The molecular weight excluding hydrogens is 466 g/mol. The zero-order valence-electron chi connectivity index (χ0n) is 18.8. The fourth-order valence-electron chi connectivity index (χ4n) is 4.88. The van der Waals surface area contributed by atoms with E-state index in [9.17, 15) is 18.0 Å². The summed E-state index contributed by atoms with van der Waals surface area (Å²) in [6.07, 6.45) is 0. The number of nitrogens with zero attached hydrogens (tertiary/aromatic N) is 1. The molecule has 2 N–H and O–H groups in total. The van der Waals surface area contributed by atoms with E-state index < -0.39 is 15.6 Å². The maximum Gasteiger partial charge on any atom is 0.282 e. The summed E-state index contributed by atoms with van der Waals surface area (Å²) in [4.78, 5) is 31.5. The van der Waals surface area contributed by atoms with Gasteiger partial charge in [-0.1, -0.05) is 36.4 Å². The summed E-state index contributed by atoms with van der Waals surface area (Å²) < 4.78 is 34.4. The number of nitrogens with one attached hydrogen (secondary N) is 2. The minimum atomic E-state index is -3.95. The second-order valence-electron chi connectivity index (χ2n) is 8.37.